The van der Waals surface area contributed by atoms with Gasteiger partial charge < -0.3 is 10.1 Å². The number of fused-ring (bicyclic) bond motifs is 2. The van der Waals surface area contributed by atoms with Gasteiger partial charge >= 0.3 is 0 Å². The predicted octanol–water partition coefficient (Wildman–Crippen LogP) is 4.66. The van der Waals surface area contributed by atoms with Crippen LogP contribution in [0.25, 0.3) is 10.6 Å². The fourth-order valence-corrected chi connectivity index (χ4v) is 3.74. The Balaban J connectivity index is 1.69. The Morgan fingerprint density at radius 3 is 2.68 bits per heavy atom. The van der Waals surface area contributed by atoms with E-state index in [1.54, 1.807) is 18.4 Å². The second-order valence-corrected chi connectivity index (χ2v) is 6.30. The summed E-state index contributed by atoms with van der Waals surface area (Å²) < 4.78 is 5.21. The number of rotatable bonds is 2. The molecule has 4 rings (SSSR count). The Bertz CT molecular complexity index is 808. The highest BCUT2D eigenvalue weighted by Gasteiger charge is 2.17. The number of anilines is 2. The van der Waals surface area contributed by atoms with Crippen LogP contribution in [0.4, 0.5) is 10.7 Å². The zero-order valence-corrected chi connectivity index (χ0v) is 13.1. The van der Waals surface area contributed by atoms with Crippen LogP contribution in [-0.4, -0.2) is 12.1 Å². The Kier molecular flexibility index (Phi) is 3.31. The smallest absolute Gasteiger partial charge is 0.125 e. The highest BCUT2D eigenvalue weighted by molar-refractivity contribution is 7.19. The second-order valence-electron chi connectivity index (χ2n) is 5.31. The monoisotopic (exact) mass is 308 g/mol. The largest absolute Gasteiger partial charge is 0.497 e. The molecule has 1 aromatic heterocycles. The van der Waals surface area contributed by atoms with E-state index in [9.17, 15) is 0 Å². The van der Waals surface area contributed by atoms with Gasteiger partial charge in [-0.3, -0.25) is 0 Å². The third-order valence-electron chi connectivity index (χ3n) is 3.93. The first-order chi connectivity index (χ1) is 10.8. The van der Waals surface area contributed by atoms with Gasteiger partial charge in [0.25, 0.3) is 0 Å². The van der Waals surface area contributed by atoms with Gasteiger partial charge in [0.05, 0.1) is 12.8 Å². The highest BCUT2D eigenvalue weighted by Crippen LogP contribution is 2.38. The number of ether oxygens (including phenoxy) is 1. The minimum absolute atomic E-state index is 0.869. The van der Waals surface area contributed by atoms with Gasteiger partial charge in [0.1, 0.15) is 15.8 Å². The van der Waals surface area contributed by atoms with Crippen molar-refractivity contribution >= 4 is 22.0 Å². The van der Waals surface area contributed by atoms with Crippen molar-refractivity contribution in [1.29, 1.82) is 0 Å². The third kappa shape index (κ3) is 2.35. The van der Waals surface area contributed by atoms with Crippen molar-refractivity contribution in [2.45, 2.75) is 12.8 Å². The van der Waals surface area contributed by atoms with E-state index < -0.39 is 0 Å². The van der Waals surface area contributed by atoms with E-state index in [0.29, 0.717) is 0 Å². The number of para-hydroxylation sites is 1. The Hall–Kier alpha value is -2.33. The number of aromatic nitrogens is 1. The van der Waals surface area contributed by atoms with Crippen LogP contribution >= 0.6 is 11.3 Å². The molecule has 3 aromatic rings. The number of aryl methyl sites for hydroxylation is 2. The van der Waals surface area contributed by atoms with E-state index in [2.05, 4.69) is 41.7 Å². The maximum absolute atomic E-state index is 5.21. The topological polar surface area (TPSA) is 34.1 Å². The molecule has 0 spiro atoms. The zero-order chi connectivity index (χ0) is 14.9. The van der Waals surface area contributed by atoms with Gasteiger partial charge in [-0.25, -0.2) is 4.98 Å². The fraction of sp³-hybridized carbons (Fsp3) is 0.167. The molecule has 22 heavy (non-hydrogen) atoms. The Morgan fingerprint density at radius 2 is 1.86 bits per heavy atom. The number of hydrogen-bond donors (Lipinski definition) is 1. The summed E-state index contributed by atoms with van der Waals surface area (Å²) in [5.74, 6) is 0.869. The van der Waals surface area contributed by atoms with E-state index in [-0.39, 0.29) is 0 Å². The molecule has 4 heteroatoms. The van der Waals surface area contributed by atoms with E-state index in [1.807, 2.05) is 12.1 Å². The maximum Gasteiger partial charge on any atom is 0.125 e. The minimum atomic E-state index is 0.869. The molecule has 1 N–H and O–H groups in total. The van der Waals surface area contributed by atoms with Gasteiger partial charge in [0, 0.05) is 11.3 Å². The third-order valence-corrected chi connectivity index (χ3v) is 4.99. The number of thiazole rings is 1. The normalized spacial score (nSPS) is 12.8. The molecule has 2 aromatic carbocycles. The van der Waals surface area contributed by atoms with Crippen molar-refractivity contribution < 1.29 is 4.74 Å². The lowest BCUT2D eigenvalue weighted by Gasteiger charge is -2.06. The molecule has 0 fully saturated rings. The van der Waals surface area contributed by atoms with Crippen LogP contribution in [0.1, 0.15) is 11.3 Å². The maximum atomic E-state index is 5.21. The number of benzene rings is 2. The summed E-state index contributed by atoms with van der Waals surface area (Å²) in [5, 5.41) is 5.76. The SMILES string of the molecule is COc1ccc(-c2nc3c(s2)Nc2ccccc2CC3)cc1. The summed E-state index contributed by atoms with van der Waals surface area (Å²) >= 11 is 1.72. The van der Waals surface area contributed by atoms with Crippen molar-refractivity contribution in [3.8, 4) is 16.3 Å². The van der Waals surface area contributed by atoms with Gasteiger partial charge in [-0.05, 0) is 48.7 Å². The summed E-state index contributed by atoms with van der Waals surface area (Å²) in [7, 11) is 1.68. The van der Waals surface area contributed by atoms with E-state index >= 15 is 0 Å². The van der Waals surface area contributed by atoms with Crippen LogP contribution in [0.2, 0.25) is 0 Å². The van der Waals surface area contributed by atoms with Crippen molar-refractivity contribution in [2.75, 3.05) is 12.4 Å². The Labute approximate surface area is 133 Å². The second kappa shape index (κ2) is 5.46. The molecular formula is C18H16N2OS. The fourth-order valence-electron chi connectivity index (χ4n) is 2.71. The van der Waals surface area contributed by atoms with Crippen molar-refractivity contribution in [3.05, 3.63) is 59.8 Å². The molecule has 1 aliphatic rings. The molecule has 0 saturated heterocycles. The van der Waals surface area contributed by atoms with Gasteiger partial charge in [-0.2, -0.15) is 0 Å². The summed E-state index contributed by atoms with van der Waals surface area (Å²) in [6.45, 7) is 0. The van der Waals surface area contributed by atoms with Crippen LogP contribution in [0.15, 0.2) is 48.5 Å². The molecule has 3 nitrogen and oxygen atoms in total. The van der Waals surface area contributed by atoms with Gasteiger partial charge in [0.2, 0.25) is 0 Å². The summed E-state index contributed by atoms with van der Waals surface area (Å²) in [5.41, 5.74) is 4.85. The molecule has 0 saturated carbocycles. The van der Waals surface area contributed by atoms with E-state index in [0.717, 1.165) is 39.9 Å². The van der Waals surface area contributed by atoms with Crippen molar-refractivity contribution in [1.82, 2.24) is 4.98 Å². The molecule has 0 bridgehead atoms. The van der Waals surface area contributed by atoms with Crippen LogP contribution in [0.3, 0.4) is 0 Å². The Morgan fingerprint density at radius 1 is 1.05 bits per heavy atom. The molecule has 0 unspecified atom stereocenters. The first-order valence-corrected chi connectivity index (χ1v) is 8.14. The quantitative estimate of drug-likeness (QED) is 0.747. The van der Waals surface area contributed by atoms with Crippen LogP contribution in [0, 0.1) is 0 Å². The number of hydrogen-bond acceptors (Lipinski definition) is 4. The first kappa shape index (κ1) is 13.3. The van der Waals surface area contributed by atoms with E-state index in [4.69, 9.17) is 9.72 Å². The summed E-state index contributed by atoms with van der Waals surface area (Å²) in [6, 6.07) is 16.6. The minimum Gasteiger partial charge on any atom is -0.497 e. The molecule has 0 radical (unpaired) electrons. The standard InChI is InChI=1S/C18H16N2OS/c1-21-14-9-6-13(7-10-14)17-20-16-11-8-12-4-2-3-5-15(12)19-18(16)22-17/h2-7,9-10,19H,8,11H2,1H3. The lowest BCUT2D eigenvalue weighted by atomic mass is 10.1. The van der Waals surface area contributed by atoms with Crippen molar-refractivity contribution in [2.24, 2.45) is 0 Å². The molecule has 110 valence electrons. The lowest BCUT2D eigenvalue weighted by Crippen LogP contribution is -1.90. The average molecular weight is 308 g/mol. The molecule has 0 aliphatic carbocycles. The lowest BCUT2D eigenvalue weighted by molar-refractivity contribution is 0.415. The predicted molar refractivity (Wildman–Crippen MR) is 91.2 cm³/mol. The number of nitrogens with zero attached hydrogens (tertiary/aromatic N) is 1. The zero-order valence-electron chi connectivity index (χ0n) is 12.3. The van der Waals surface area contributed by atoms with Gasteiger partial charge in [0.15, 0.2) is 0 Å². The summed E-state index contributed by atoms with van der Waals surface area (Å²) in [4.78, 5) is 4.83. The molecule has 0 amide bonds. The molecular weight excluding hydrogens is 292 g/mol. The van der Waals surface area contributed by atoms with Gasteiger partial charge in [-0.15, -0.1) is 0 Å². The first-order valence-electron chi connectivity index (χ1n) is 7.32. The van der Waals surface area contributed by atoms with Crippen LogP contribution in [0.5, 0.6) is 5.75 Å². The molecule has 2 heterocycles. The van der Waals surface area contributed by atoms with Crippen LogP contribution in [-0.2, 0) is 12.8 Å². The highest BCUT2D eigenvalue weighted by atomic mass is 32.1. The number of methoxy groups -OCH3 is 1. The molecule has 1 aliphatic heterocycles. The number of nitrogens with one attached hydrogen (secondary N) is 1. The van der Waals surface area contributed by atoms with Crippen molar-refractivity contribution in [3.63, 3.8) is 0 Å². The average Bonchev–Trinajstić information content (AvgIpc) is 2.89. The van der Waals surface area contributed by atoms with Crippen LogP contribution < -0.4 is 10.1 Å². The summed E-state index contributed by atoms with van der Waals surface area (Å²) in [6.07, 6.45) is 2.01. The van der Waals surface area contributed by atoms with E-state index in [1.165, 1.54) is 11.3 Å². The van der Waals surface area contributed by atoms with Gasteiger partial charge in [-0.1, -0.05) is 29.5 Å². The molecule has 0 atom stereocenters.